The van der Waals surface area contributed by atoms with Gasteiger partial charge in [0.1, 0.15) is 0 Å². The summed E-state index contributed by atoms with van der Waals surface area (Å²) in [5.41, 5.74) is 0. The summed E-state index contributed by atoms with van der Waals surface area (Å²) < 4.78 is 5.32. The van der Waals surface area contributed by atoms with E-state index in [9.17, 15) is 9.90 Å². The van der Waals surface area contributed by atoms with Gasteiger partial charge in [-0.3, -0.25) is 4.79 Å². The van der Waals surface area contributed by atoms with Crippen LogP contribution in [0.3, 0.4) is 0 Å². The molecule has 0 spiro atoms. The number of hydrogen-bond acceptors (Lipinski definition) is 5. The summed E-state index contributed by atoms with van der Waals surface area (Å²) >= 11 is 0. The Balaban J connectivity index is 1.60. The van der Waals surface area contributed by atoms with Crippen LogP contribution < -0.4 is 0 Å². The van der Waals surface area contributed by atoms with E-state index in [1.807, 2.05) is 6.92 Å². The Hall–Kier alpha value is -1.43. The summed E-state index contributed by atoms with van der Waals surface area (Å²) in [6.07, 6.45) is 6.31. The van der Waals surface area contributed by atoms with Gasteiger partial charge in [0, 0.05) is 18.4 Å². The molecule has 1 aromatic heterocycles. The van der Waals surface area contributed by atoms with E-state index < -0.39 is 0 Å². The SMILES string of the molecule is CCN(Cc1noc(C2CCC2)n1)C(=O)[C@H]1CCC[C@@H](O)C1. The van der Waals surface area contributed by atoms with E-state index in [0.717, 1.165) is 38.0 Å². The number of carbonyl (C=O) groups is 1. The Labute approximate surface area is 130 Å². The second-order valence-electron chi connectivity index (χ2n) is 6.55. The summed E-state index contributed by atoms with van der Waals surface area (Å²) in [5, 5.41) is 13.8. The van der Waals surface area contributed by atoms with Crippen molar-refractivity contribution in [2.75, 3.05) is 6.54 Å². The fourth-order valence-corrected chi connectivity index (χ4v) is 3.32. The van der Waals surface area contributed by atoms with Gasteiger partial charge in [-0.2, -0.15) is 4.98 Å². The van der Waals surface area contributed by atoms with E-state index in [0.29, 0.717) is 31.3 Å². The monoisotopic (exact) mass is 307 g/mol. The predicted molar refractivity (Wildman–Crippen MR) is 79.9 cm³/mol. The molecule has 22 heavy (non-hydrogen) atoms. The number of hydrogen-bond donors (Lipinski definition) is 1. The van der Waals surface area contributed by atoms with Crippen LogP contribution in [0.25, 0.3) is 0 Å². The maximum Gasteiger partial charge on any atom is 0.229 e. The second kappa shape index (κ2) is 6.77. The Kier molecular flexibility index (Phi) is 4.76. The third kappa shape index (κ3) is 3.32. The second-order valence-corrected chi connectivity index (χ2v) is 6.55. The predicted octanol–water partition coefficient (Wildman–Crippen LogP) is 2.24. The number of nitrogens with zero attached hydrogens (tertiary/aromatic N) is 3. The Morgan fingerprint density at radius 3 is 2.73 bits per heavy atom. The highest BCUT2D eigenvalue weighted by Gasteiger charge is 2.30. The first kappa shape index (κ1) is 15.5. The summed E-state index contributed by atoms with van der Waals surface area (Å²) in [5.74, 6) is 1.77. The smallest absolute Gasteiger partial charge is 0.229 e. The fourth-order valence-electron chi connectivity index (χ4n) is 3.32. The molecule has 0 saturated heterocycles. The van der Waals surface area contributed by atoms with Gasteiger partial charge >= 0.3 is 0 Å². The number of carbonyl (C=O) groups excluding carboxylic acids is 1. The van der Waals surface area contributed by atoms with Crippen LogP contribution in [0.2, 0.25) is 0 Å². The zero-order valence-corrected chi connectivity index (χ0v) is 13.2. The maximum absolute atomic E-state index is 12.6. The Bertz CT molecular complexity index is 512. The van der Waals surface area contributed by atoms with E-state index in [-0.39, 0.29) is 17.9 Å². The van der Waals surface area contributed by atoms with E-state index in [2.05, 4.69) is 10.1 Å². The first-order valence-electron chi connectivity index (χ1n) is 8.46. The minimum absolute atomic E-state index is 0.0679. The molecule has 0 aromatic carbocycles. The average molecular weight is 307 g/mol. The van der Waals surface area contributed by atoms with Crippen molar-refractivity contribution in [1.82, 2.24) is 15.0 Å². The van der Waals surface area contributed by atoms with Gasteiger partial charge in [0.2, 0.25) is 11.8 Å². The van der Waals surface area contributed by atoms with Gasteiger partial charge < -0.3 is 14.5 Å². The van der Waals surface area contributed by atoms with Crippen molar-refractivity contribution in [1.29, 1.82) is 0 Å². The molecule has 0 aliphatic heterocycles. The highest BCUT2D eigenvalue weighted by Crippen LogP contribution is 2.35. The lowest BCUT2D eigenvalue weighted by Gasteiger charge is -2.29. The molecule has 122 valence electrons. The van der Waals surface area contributed by atoms with Crippen LogP contribution in [0.5, 0.6) is 0 Å². The molecular formula is C16H25N3O3. The number of aromatic nitrogens is 2. The molecule has 6 heteroatoms. The Morgan fingerprint density at radius 1 is 1.32 bits per heavy atom. The van der Waals surface area contributed by atoms with Gasteiger partial charge in [0.15, 0.2) is 5.82 Å². The lowest BCUT2D eigenvalue weighted by molar-refractivity contribution is -0.138. The fraction of sp³-hybridized carbons (Fsp3) is 0.812. The first-order chi connectivity index (χ1) is 10.7. The minimum Gasteiger partial charge on any atom is -0.393 e. The van der Waals surface area contributed by atoms with Gasteiger partial charge in [-0.25, -0.2) is 0 Å². The van der Waals surface area contributed by atoms with Crippen LogP contribution in [0.4, 0.5) is 0 Å². The van der Waals surface area contributed by atoms with Gasteiger partial charge in [0.05, 0.1) is 12.6 Å². The largest absolute Gasteiger partial charge is 0.393 e. The first-order valence-corrected chi connectivity index (χ1v) is 8.46. The van der Waals surface area contributed by atoms with Crippen LogP contribution >= 0.6 is 0 Å². The van der Waals surface area contributed by atoms with Crippen molar-refractivity contribution in [2.45, 2.75) is 70.4 Å². The van der Waals surface area contributed by atoms with Gasteiger partial charge in [-0.1, -0.05) is 18.0 Å². The van der Waals surface area contributed by atoms with Crippen molar-refractivity contribution < 1.29 is 14.4 Å². The third-order valence-electron chi connectivity index (χ3n) is 4.96. The van der Waals surface area contributed by atoms with Crippen molar-refractivity contribution in [2.24, 2.45) is 5.92 Å². The molecule has 0 bridgehead atoms. The standard InChI is InChI=1S/C16H25N3O3/c1-2-19(16(21)12-7-4-8-13(20)9-12)10-14-17-15(22-18-14)11-5-3-6-11/h11-13,20H,2-10H2,1H3/t12-,13+/m0/s1. The van der Waals surface area contributed by atoms with Crippen molar-refractivity contribution in [3.05, 3.63) is 11.7 Å². The molecule has 1 heterocycles. The molecule has 0 radical (unpaired) electrons. The Morgan fingerprint density at radius 2 is 2.09 bits per heavy atom. The molecule has 0 unspecified atom stereocenters. The van der Waals surface area contributed by atoms with Crippen LogP contribution in [0.1, 0.15) is 69.5 Å². The van der Waals surface area contributed by atoms with Gasteiger partial charge in [0.25, 0.3) is 0 Å². The number of aliphatic hydroxyl groups is 1. The van der Waals surface area contributed by atoms with E-state index >= 15 is 0 Å². The van der Waals surface area contributed by atoms with E-state index in [1.54, 1.807) is 4.90 Å². The average Bonchev–Trinajstić information content (AvgIpc) is 2.90. The quantitative estimate of drug-likeness (QED) is 0.902. The van der Waals surface area contributed by atoms with Crippen LogP contribution in [0, 0.1) is 5.92 Å². The molecule has 2 aliphatic carbocycles. The molecule has 1 aromatic rings. The van der Waals surface area contributed by atoms with Crippen LogP contribution in [-0.4, -0.2) is 38.7 Å². The molecular weight excluding hydrogens is 282 g/mol. The van der Waals surface area contributed by atoms with Crippen molar-refractivity contribution in [3.8, 4) is 0 Å². The molecule has 1 N–H and O–H groups in total. The maximum atomic E-state index is 12.6. The van der Waals surface area contributed by atoms with Crippen molar-refractivity contribution in [3.63, 3.8) is 0 Å². The zero-order valence-electron chi connectivity index (χ0n) is 13.2. The highest BCUT2D eigenvalue weighted by atomic mass is 16.5. The normalized spacial score (nSPS) is 25.7. The molecule has 1 amide bonds. The molecule has 2 aliphatic rings. The molecule has 2 saturated carbocycles. The molecule has 6 nitrogen and oxygen atoms in total. The summed E-state index contributed by atoms with van der Waals surface area (Å²) in [6, 6.07) is 0. The summed E-state index contributed by atoms with van der Waals surface area (Å²) in [4.78, 5) is 18.8. The minimum atomic E-state index is -0.336. The molecule has 2 atom stereocenters. The molecule has 2 fully saturated rings. The van der Waals surface area contributed by atoms with E-state index in [1.165, 1.54) is 6.42 Å². The van der Waals surface area contributed by atoms with E-state index in [4.69, 9.17) is 4.52 Å². The number of rotatable bonds is 5. The third-order valence-corrected chi connectivity index (χ3v) is 4.96. The lowest BCUT2D eigenvalue weighted by Crippen LogP contribution is -2.38. The van der Waals surface area contributed by atoms with Crippen LogP contribution in [-0.2, 0) is 11.3 Å². The number of aliphatic hydroxyl groups excluding tert-OH is 1. The topological polar surface area (TPSA) is 79.5 Å². The highest BCUT2D eigenvalue weighted by molar-refractivity contribution is 5.78. The summed E-state index contributed by atoms with van der Waals surface area (Å²) in [6.45, 7) is 2.99. The van der Waals surface area contributed by atoms with Gasteiger partial charge in [-0.15, -0.1) is 0 Å². The number of amides is 1. The van der Waals surface area contributed by atoms with Gasteiger partial charge in [-0.05, 0) is 39.0 Å². The zero-order chi connectivity index (χ0) is 15.5. The lowest BCUT2D eigenvalue weighted by atomic mass is 9.85. The summed E-state index contributed by atoms with van der Waals surface area (Å²) in [7, 11) is 0. The molecule has 3 rings (SSSR count). The van der Waals surface area contributed by atoms with Crippen LogP contribution in [0.15, 0.2) is 4.52 Å². The van der Waals surface area contributed by atoms with Crippen molar-refractivity contribution >= 4 is 5.91 Å².